The molecule has 0 saturated heterocycles. The molecule has 0 atom stereocenters. The molecule has 1 aromatic carbocycles. The van der Waals surface area contributed by atoms with Crippen LogP contribution in [-0.4, -0.2) is 16.5 Å². The molecule has 0 saturated carbocycles. The Hall–Kier alpha value is -2.28. The Balaban J connectivity index is 2.08. The van der Waals surface area contributed by atoms with Crippen LogP contribution in [0.25, 0.3) is 0 Å². The topological polar surface area (TPSA) is 89.2 Å². The summed E-state index contributed by atoms with van der Waals surface area (Å²) in [5, 5.41) is 5.21. The van der Waals surface area contributed by atoms with E-state index in [1.54, 1.807) is 48.1 Å². The molecule has 104 valence electrons. The summed E-state index contributed by atoms with van der Waals surface area (Å²) in [6, 6.07) is 7.78. The number of nitrogens with zero attached hydrogens (tertiary/aromatic N) is 1. The van der Waals surface area contributed by atoms with Crippen molar-refractivity contribution in [1.29, 1.82) is 0 Å². The van der Waals surface area contributed by atoms with Crippen molar-refractivity contribution in [2.45, 2.75) is 0 Å². The number of nitrogens with one attached hydrogen (secondary N) is 2. The maximum atomic E-state index is 12.1. The first kappa shape index (κ1) is 14.1. The SMILES string of the molecule is Cn1cc(Br)cc1C(=O)Nc1ccc(NC(N)=O)cc1. The Kier molecular flexibility index (Phi) is 4.09. The maximum Gasteiger partial charge on any atom is 0.316 e. The van der Waals surface area contributed by atoms with Crippen LogP contribution in [0.4, 0.5) is 16.2 Å². The third kappa shape index (κ3) is 3.39. The molecule has 4 N–H and O–H groups in total. The highest BCUT2D eigenvalue weighted by Gasteiger charge is 2.11. The number of benzene rings is 1. The summed E-state index contributed by atoms with van der Waals surface area (Å²) < 4.78 is 2.56. The summed E-state index contributed by atoms with van der Waals surface area (Å²) in [7, 11) is 1.79. The van der Waals surface area contributed by atoms with E-state index in [9.17, 15) is 9.59 Å². The molecule has 0 aliphatic heterocycles. The van der Waals surface area contributed by atoms with Crippen LogP contribution in [0.2, 0.25) is 0 Å². The standard InChI is InChI=1S/C13H13BrN4O2/c1-18-7-8(14)6-11(18)12(19)16-9-2-4-10(5-3-9)17-13(15)20/h2-7H,1H3,(H,16,19)(H3,15,17,20). The van der Waals surface area contributed by atoms with Gasteiger partial charge in [-0.1, -0.05) is 0 Å². The van der Waals surface area contributed by atoms with Crippen molar-refractivity contribution in [2.75, 3.05) is 10.6 Å². The molecule has 1 heterocycles. The smallest absolute Gasteiger partial charge is 0.316 e. The Morgan fingerprint density at radius 3 is 2.15 bits per heavy atom. The van der Waals surface area contributed by atoms with Crippen molar-refractivity contribution in [3.05, 3.63) is 46.7 Å². The van der Waals surface area contributed by atoms with E-state index in [-0.39, 0.29) is 5.91 Å². The zero-order valence-corrected chi connectivity index (χ0v) is 12.3. The zero-order valence-electron chi connectivity index (χ0n) is 10.7. The van der Waals surface area contributed by atoms with E-state index in [0.717, 1.165) is 4.47 Å². The summed E-state index contributed by atoms with van der Waals surface area (Å²) in [5.74, 6) is -0.214. The van der Waals surface area contributed by atoms with E-state index in [2.05, 4.69) is 26.6 Å². The number of amides is 3. The minimum Gasteiger partial charge on any atom is -0.351 e. The fourth-order valence-electron chi connectivity index (χ4n) is 1.72. The van der Waals surface area contributed by atoms with Crippen LogP contribution >= 0.6 is 15.9 Å². The molecule has 2 rings (SSSR count). The van der Waals surface area contributed by atoms with Gasteiger partial charge in [-0.05, 0) is 46.3 Å². The van der Waals surface area contributed by atoms with Gasteiger partial charge in [-0.2, -0.15) is 0 Å². The van der Waals surface area contributed by atoms with E-state index in [1.165, 1.54) is 0 Å². The zero-order chi connectivity index (χ0) is 14.7. The molecule has 0 fully saturated rings. The van der Waals surface area contributed by atoms with Gasteiger partial charge in [-0.25, -0.2) is 4.79 Å². The highest BCUT2D eigenvalue weighted by molar-refractivity contribution is 9.10. The lowest BCUT2D eigenvalue weighted by Gasteiger charge is -2.07. The molecular weight excluding hydrogens is 324 g/mol. The number of carbonyl (C=O) groups excluding carboxylic acids is 2. The van der Waals surface area contributed by atoms with Crippen LogP contribution < -0.4 is 16.4 Å². The molecule has 7 heteroatoms. The summed E-state index contributed by atoms with van der Waals surface area (Å²) in [6.45, 7) is 0. The van der Waals surface area contributed by atoms with Crippen LogP contribution in [-0.2, 0) is 7.05 Å². The number of carbonyl (C=O) groups is 2. The number of rotatable bonds is 3. The molecular formula is C13H13BrN4O2. The van der Waals surface area contributed by atoms with Gasteiger partial charge < -0.3 is 20.9 Å². The third-order valence-corrected chi connectivity index (χ3v) is 3.05. The first-order chi connectivity index (χ1) is 9.45. The molecule has 3 amide bonds. The largest absolute Gasteiger partial charge is 0.351 e. The molecule has 0 unspecified atom stereocenters. The quantitative estimate of drug-likeness (QED) is 0.803. The fourth-order valence-corrected chi connectivity index (χ4v) is 2.25. The molecule has 0 radical (unpaired) electrons. The second-order valence-electron chi connectivity index (χ2n) is 4.18. The van der Waals surface area contributed by atoms with Crippen molar-refractivity contribution in [1.82, 2.24) is 4.57 Å². The van der Waals surface area contributed by atoms with Crippen LogP contribution in [0.1, 0.15) is 10.5 Å². The number of aromatic nitrogens is 1. The van der Waals surface area contributed by atoms with Gasteiger partial charge in [0.15, 0.2) is 0 Å². The Morgan fingerprint density at radius 1 is 1.15 bits per heavy atom. The second kappa shape index (κ2) is 5.79. The number of aryl methyl sites for hydroxylation is 1. The van der Waals surface area contributed by atoms with Gasteiger partial charge in [0.1, 0.15) is 5.69 Å². The van der Waals surface area contributed by atoms with E-state index in [0.29, 0.717) is 17.1 Å². The average molecular weight is 337 g/mol. The molecule has 6 nitrogen and oxygen atoms in total. The minimum atomic E-state index is -0.629. The van der Waals surface area contributed by atoms with Gasteiger partial charge in [0.2, 0.25) is 0 Å². The summed E-state index contributed by atoms with van der Waals surface area (Å²) >= 11 is 3.32. The van der Waals surface area contributed by atoms with E-state index < -0.39 is 6.03 Å². The maximum absolute atomic E-state index is 12.1. The number of nitrogens with two attached hydrogens (primary N) is 1. The van der Waals surface area contributed by atoms with Crippen molar-refractivity contribution < 1.29 is 9.59 Å². The van der Waals surface area contributed by atoms with Crippen LogP contribution in [0.5, 0.6) is 0 Å². The first-order valence-corrected chi connectivity index (χ1v) is 6.55. The minimum absolute atomic E-state index is 0.214. The van der Waals surface area contributed by atoms with Gasteiger partial charge in [-0.15, -0.1) is 0 Å². The van der Waals surface area contributed by atoms with Crippen molar-refractivity contribution in [2.24, 2.45) is 12.8 Å². The number of anilines is 2. The number of hydrogen-bond acceptors (Lipinski definition) is 2. The van der Waals surface area contributed by atoms with Gasteiger partial charge in [0.05, 0.1) is 0 Å². The molecule has 0 spiro atoms. The van der Waals surface area contributed by atoms with Crippen LogP contribution in [0.15, 0.2) is 41.0 Å². The average Bonchev–Trinajstić information content (AvgIpc) is 2.70. The summed E-state index contributed by atoms with van der Waals surface area (Å²) in [5.41, 5.74) is 6.74. The predicted molar refractivity (Wildman–Crippen MR) is 80.7 cm³/mol. The highest BCUT2D eigenvalue weighted by Crippen LogP contribution is 2.17. The Morgan fingerprint density at radius 2 is 1.70 bits per heavy atom. The second-order valence-corrected chi connectivity index (χ2v) is 5.09. The van der Waals surface area contributed by atoms with E-state index >= 15 is 0 Å². The lowest BCUT2D eigenvalue weighted by molar-refractivity contribution is 0.101. The first-order valence-electron chi connectivity index (χ1n) is 5.75. The molecule has 0 aliphatic carbocycles. The summed E-state index contributed by atoms with van der Waals surface area (Å²) in [4.78, 5) is 22.8. The van der Waals surface area contributed by atoms with E-state index in [4.69, 9.17) is 5.73 Å². The van der Waals surface area contributed by atoms with Gasteiger partial charge in [-0.3, -0.25) is 4.79 Å². The molecule has 2 aromatic rings. The van der Waals surface area contributed by atoms with Gasteiger partial charge in [0, 0.05) is 29.1 Å². The van der Waals surface area contributed by atoms with Gasteiger partial charge in [0.25, 0.3) is 5.91 Å². The fraction of sp³-hybridized carbons (Fsp3) is 0.0769. The molecule has 0 bridgehead atoms. The Bertz CT molecular complexity index is 649. The monoisotopic (exact) mass is 336 g/mol. The normalized spacial score (nSPS) is 10.1. The number of urea groups is 1. The van der Waals surface area contributed by atoms with Crippen molar-refractivity contribution in [3.63, 3.8) is 0 Å². The number of primary amides is 1. The van der Waals surface area contributed by atoms with Crippen molar-refractivity contribution in [3.8, 4) is 0 Å². The van der Waals surface area contributed by atoms with Crippen LogP contribution in [0, 0.1) is 0 Å². The van der Waals surface area contributed by atoms with Gasteiger partial charge >= 0.3 is 6.03 Å². The number of halogens is 1. The molecule has 1 aromatic heterocycles. The van der Waals surface area contributed by atoms with Crippen LogP contribution in [0.3, 0.4) is 0 Å². The summed E-state index contributed by atoms with van der Waals surface area (Å²) in [6.07, 6.45) is 1.80. The molecule has 20 heavy (non-hydrogen) atoms. The lowest BCUT2D eigenvalue weighted by atomic mass is 10.2. The number of hydrogen-bond donors (Lipinski definition) is 3. The third-order valence-electron chi connectivity index (χ3n) is 2.61. The Labute approximate surface area is 124 Å². The highest BCUT2D eigenvalue weighted by atomic mass is 79.9. The van der Waals surface area contributed by atoms with E-state index in [1.807, 2.05) is 0 Å². The molecule has 0 aliphatic rings. The van der Waals surface area contributed by atoms with Crippen molar-refractivity contribution >= 4 is 39.2 Å². The lowest BCUT2D eigenvalue weighted by Crippen LogP contribution is -2.19. The predicted octanol–water partition coefficient (Wildman–Crippen LogP) is 2.53.